The van der Waals surface area contributed by atoms with Gasteiger partial charge in [-0.05, 0) is 28.8 Å². The Balaban J connectivity index is 2.14. The molecule has 2 nitrogen and oxygen atoms in total. The molecular weight excluding hydrogens is 256 g/mol. The van der Waals surface area contributed by atoms with Crippen molar-refractivity contribution in [1.29, 1.82) is 0 Å². The van der Waals surface area contributed by atoms with Gasteiger partial charge in [-0.3, -0.25) is 0 Å². The molecule has 0 aliphatic rings. The van der Waals surface area contributed by atoms with Crippen molar-refractivity contribution in [2.45, 2.75) is 5.92 Å². The fourth-order valence-electron chi connectivity index (χ4n) is 2.64. The third-order valence-electron chi connectivity index (χ3n) is 3.71. The van der Waals surface area contributed by atoms with E-state index in [0.29, 0.717) is 11.4 Å². The van der Waals surface area contributed by atoms with Crippen LogP contribution < -0.4 is 11.5 Å². The molecule has 0 amide bonds. The van der Waals surface area contributed by atoms with Crippen LogP contribution in [-0.2, 0) is 0 Å². The van der Waals surface area contributed by atoms with Crippen LogP contribution in [0.5, 0.6) is 0 Å². The van der Waals surface area contributed by atoms with Crippen LogP contribution in [0.4, 0.5) is 11.4 Å². The lowest BCUT2D eigenvalue weighted by molar-refractivity contribution is 0.978. The van der Waals surface area contributed by atoms with Crippen LogP contribution in [0.1, 0.15) is 22.6 Å². The van der Waals surface area contributed by atoms with E-state index in [2.05, 4.69) is 54.6 Å². The van der Waals surface area contributed by atoms with E-state index in [1.165, 1.54) is 11.1 Å². The van der Waals surface area contributed by atoms with Crippen molar-refractivity contribution in [2.24, 2.45) is 0 Å². The molecule has 0 atom stereocenters. The lowest BCUT2D eigenvalue weighted by Gasteiger charge is -2.19. The van der Waals surface area contributed by atoms with Gasteiger partial charge in [-0.15, -0.1) is 0 Å². The summed E-state index contributed by atoms with van der Waals surface area (Å²) in [7, 11) is 0. The summed E-state index contributed by atoms with van der Waals surface area (Å²) in [6, 6.07) is 26.8. The summed E-state index contributed by atoms with van der Waals surface area (Å²) in [5.74, 6) is 0.162. The van der Waals surface area contributed by atoms with Crippen molar-refractivity contribution in [1.82, 2.24) is 0 Å². The average molecular weight is 274 g/mol. The normalized spacial score (nSPS) is 10.7. The number of nitrogens with two attached hydrogens (primary N) is 2. The molecular formula is C19H18N2. The summed E-state index contributed by atoms with van der Waals surface area (Å²) >= 11 is 0. The Morgan fingerprint density at radius 2 is 1.05 bits per heavy atom. The minimum absolute atomic E-state index is 0.162. The van der Waals surface area contributed by atoms with Crippen LogP contribution in [0.25, 0.3) is 0 Å². The van der Waals surface area contributed by atoms with Gasteiger partial charge in [0, 0.05) is 5.92 Å². The first-order valence-electron chi connectivity index (χ1n) is 7.00. The standard InChI is InChI=1S/C19H18N2/c20-17-12-11-16(13-18(17)21)19(14-7-3-1-4-8-14)15-9-5-2-6-10-15/h1-13,19H,20-21H2. The third-order valence-corrected chi connectivity index (χ3v) is 3.71. The topological polar surface area (TPSA) is 52.0 Å². The number of hydrogen-bond acceptors (Lipinski definition) is 2. The largest absolute Gasteiger partial charge is 0.397 e. The minimum Gasteiger partial charge on any atom is -0.397 e. The van der Waals surface area contributed by atoms with Crippen molar-refractivity contribution in [3.8, 4) is 0 Å². The molecule has 3 rings (SSSR count). The first-order chi connectivity index (χ1) is 10.3. The van der Waals surface area contributed by atoms with E-state index in [0.717, 1.165) is 5.56 Å². The molecule has 0 aromatic heterocycles. The van der Waals surface area contributed by atoms with Crippen LogP contribution >= 0.6 is 0 Å². The molecule has 0 heterocycles. The summed E-state index contributed by atoms with van der Waals surface area (Å²) in [6.07, 6.45) is 0. The van der Waals surface area contributed by atoms with Gasteiger partial charge in [-0.25, -0.2) is 0 Å². The maximum Gasteiger partial charge on any atom is 0.0550 e. The molecule has 3 aromatic carbocycles. The molecule has 4 N–H and O–H groups in total. The summed E-state index contributed by atoms with van der Waals surface area (Å²) in [6.45, 7) is 0. The highest BCUT2D eigenvalue weighted by Gasteiger charge is 2.16. The molecule has 0 spiro atoms. The zero-order valence-corrected chi connectivity index (χ0v) is 11.7. The first-order valence-corrected chi connectivity index (χ1v) is 7.00. The summed E-state index contributed by atoms with van der Waals surface area (Å²) in [4.78, 5) is 0. The number of nitrogen functional groups attached to an aromatic ring is 2. The Bertz CT molecular complexity index is 682. The molecule has 0 unspecified atom stereocenters. The van der Waals surface area contributed by atoms with Crippen LogP contribution in [0.15, 0.2) is 78.9 Å². The number of anilines is 2. The molecule has 0 saturated heterocycles. The van der Waals surface area contributed by atoms with Gasteiger partial charge in [0.2, 0.25) is 0 Å². The van der Waals surface area contributed by atoms with E-state index in [4.69, 9.17) is 11.5 Å². The van der Waals surface area contributed by atoms with Crippen molar-refractivity contribution < 1.29 is 0 Å². The average Bonchev–Trinajstić information content (AvgIpc) is 2.53. The van der Waals surface area contributed by atoms with Gasteiger partial charge in [0.1, 0.15) is 0 Å². The molecule has 0 bridgehead atoms. The summed E-state index contributed by atoms with van der Waals surface area (Å²) in [5, 5.41) is 0. The summed E-state index contributed by atoms with van der Waals surface area (Å²) < 4.78 is 0. The number of rotatable bonds is 3. The van der Waals surface area contributed by atoms with E-state index in [-0.39, 0.29) is 5.92 Å². The Morgan fingerprint density at radius 3 is 1.52 bits per heavy atom. The van der Waals surface area contributed by atoms with Crippen LogP contribution in [0.3, 0.4) is 0 Å². The highest BCUT2D eigenvalue weighted by atomic mass is 14.7. The lowest BCUT2D eigenvalue weighted by atomic mass is 9.85. The molecule has 3 aromatic rings. The van der Waals surface area contributed by atoms with Gasteiger partial charge >= 0.3 is 0 Å². The van der Waals surface area contributed by atoms with Crippen molar-refractivity contribution in [2.75, 3.05) is 11.5 Å². The van der Waals surface area contributed by atoms with Crippen LogP contribution in [-0.4, -0.2) is 0 Å². The molecule has 21 heavy (non-hydrogen) atoms. The minimum atomic E-state index is 0.162. The predicted molar refractivity (Wildman–Crippen MR) is 89.1 cm³/mol. The molecule has 0 aliphatic heterocycles. The smallest absolute Gasteiger partial charge is 0.0550 e. The fourth-order valence-corrected chi connectivity index (χ4v) is 2.64. The Morgan fingerprint density at radius 1 is 0.524 bits per heavy atom. The quantitative estimate of drug-likeness (QED) is 0.559. The zero-order chi connectivity index (χ0) is 14.7. The second-order valence-electron chi connectivity index (χ2n) is 5.14. The molecule has 0 radical (unpaired) electrons. The Kier molecular flexibility index (Phi) is 3.61. The van der Waals surface area contributed by atoms with Crippen molar-refractivity contribution in [3.05, 3.63) is 95.6 Å². The van der Waals surface area contributed by atoms with Crippen LogP contribution in [0.2, 0.25) is 0 Å². The maximum absolute atomic E-state index is 5.99. The zero-order valence-electron chi connectivity index (χ0n) is 11.7. The van der Waals surface area contributed by atoms with E-state index in [9.17, 15) is 0 Å². The number of hydrogen-bond donors (Lipinski definition) is 2. The van der Waals surface area contributed by atoms with E-state index >= 15 is 0 Å². The highest BCUT2D eigenvalue weighted by molar-refractivity contribution is 5.65. The number of benzene rings is 3. The Hall–Kier alpha value is -2.74. The third kappa shape index (κ3) is 2.75. The molecule has 2 heteroatoms. The van der Waals surface area contributed by atoms with Gasteiger partial charge in [-0.1, -0.05) is 66.7 Å². The van der Waals surface area contributed by atoms with Gasteiger partial charge in [0.15, 0.2) is 0 Å². The van der Waals surface area contributed by atoms with E-state index in [1.54, 1.807) is 0 Å². The summed E-state index contributed by atoms with van der Waals surface area (Å²) in [5.41, 5.74) is 16.7. The SMILES string of the molecule is Nc1ccc(C(c2ccccc2)c2ccccc2)cc1N. The van der Waals surface area contributed by atoms with Crippen molar-refractivity contribution >= 4 is 11.4 Å². The fraction of sp³-hybridized carbons (Fsp3) is 0.0526. The second kappa shape index (κ2) is 5.71. The van der Waals surface area contributed by atoms with Crippen molar-refractivity contribution in [3.63, 3.8) is 0 Å². The van der Waals surface area contributed by atoms with Crippen LogP contribution in [0, 0.1) is 0 Å². The lowest BCUT2D eigenvalue weighted by Crippen LogP contribution is -2.05. The second-order valence-corrected chi connectivity index (χ2v) is 5.14. The molecule has 104 valence electrons. The highest BCUT2D eigenvalue weighted by Crippen LogP contribution is 2.33. The van der Waals surface area contributed by atoms with Gasteiger partial charge in [-0.2, -0.15) is 0 Å². The van der Waals surface area contributed by atoms with Gasteiger partial charge in [0.05, 0.1) is 11.4 Å². The first kappa shape index (κ1) is 13.3. The monoisotopic (exact) mass is 274 g/mol. The molecule has 0 aliphatic carbocycles. The molecule has 0 saturated carbocycles. The van der Waals surface area contributed by atoms with E-state index in [1.807, 2.05) is 24.3 Å². The maximum atomic E-state index is 5.99. The molecule has 0 fully saturated rings. The van der Waals surface area contributed by atoms with E-state index < -0.39 is 0 Å². The van der Waals surface area contributed by atoms with Gasteiger partial charge in [0.25, 0.3) is 0 Å². The van der Waals surface area contributed by atoms with Gasteiger partial charge < -0.3 is 11.5 Å². The predicted octanol–water partition coefficient (Wildman–Crippen LogP) is 4.03. The Labute approximate surface area is 125 Å².